The molecule has 0 spiro atoms. The molecule has 2 aromatic rings. The van der Waals surface area contributed by atoms with Gasteiger partial charge < -0.3 is 14.9 Å². The number of amides is 2. The van der Waals surface area contributed by atoms with Crippen LogP contribution in [0.4, 0.5) is 0 Å². The van der Waals surface area contributed by atoms with E-state index in [1.807, 2.05) is 38.1 Å². The zero-order chi connectivity index (χ0) is 21.1. The quantitative estimate of drug-likeness (QED) is 0.830. The summed E-state index contributed by atoms with van der Waals surface area (Å²) in [5.41, 5.74) is 3.13. The fourth-order valence-corrected chi connectivity index (χ4v) is 3.60. The molecule has 3 rings (SSSR count). The predicted octanol–water partition coefficient (Wildman–Crippen LogP) is 1.88. The van der Waals surface area contributed by atoms with Crippen LogP contribution in [0, 0.1) is 19.8 Å². The molecule has 1 aromatic heterocycles. The van der Waals surface area contributed by atoms with Crippen LogP contribution in [0.5, 0.6) is 0 Å². The summed E-state index contributed by atoms with van der Waals surface area (Å²) < 4.78 is 1.71. The van der Waals surface area contributed by atoms with Gasteiger partial charge in [0.1, 0.15) is 0 Å². The highest BCUT2D eigenvalue weighted by atomic mass is 16.4. The van der Waals surface area contributed by atoms with E-state index in [2.05, 4.69) is 5.10 Å². The second kappa shape index (κ2) is 8.46. The molecular weight excluding hydrogens is 372 g/mol. The summed E-state index contributed by atoms with van der Waals surface area (Å²) >= 11 is 0. The summed E-state index contributed by atoms with van der Waals surface area (Å²) in [5.74, 6) is -1.65. The molecular formula is C21H26N4O4. The highest BCUT2D eigenvalue weighted by molar-refractivity contribution is 5.97. The number of benzene rings is 1. The van der Waals surface area contributed by atoms with E-state index in [1.165, 1.54) is 11.1 Å². The number of nitrogens with zero attached hydrogens (tertiary/aromatic N) is 4. The van der Waals surface area contributed by atoms with E-state index in [4.69, 9.17) is 5.11 Å². The van der Waals surface area contributed by atoms with Crippen molar-refractivity contribution >= 4 is 17.8 Å². The van der Waals surface area contributed by atoms with Gasteiger partial charge in [-0.1, -0.05) is 12.1 Å². The Bertz CT molecular complexity index is 929. The van der Waals surface area contributed by atoms with Crippen LogP contribution in [0.3, 0.4) is 0 Å². The maximum atomic E-state index is 12.9. The number of rotatable bonds is 5. The molecule has 1 N–H and O–H groups in total. The first kappa shape index (κ1) is 20.6. The molecule has 0 bridgehead atoms. The van der Waals surface area contributed by atoms with Gasteiger partial charge >= 0.3 is 5.97 Å². The maximum Gasteiger partial charge on any atom is 0.306 e. The van der Waals surface area contributed by atoms with Crippen LogP contribution in [0.2, 0.25) is 0 Å². The van der Waals surface area contributed by atoms with E-state index in [0.717, 1.165) is 11.3 Å². The van der Waals surface area contributed by atoms with Crippen molar-refractivity contribution in [3.05, 3.63) is 47.3 Å². The molecule has 8 nitrogen and oxygen atoms in total. The number of aryl methyl sites for hydroxylation is 1. The van der Waals surface area contributed by atoms with Gasteiger partial charge in [-0.25, -0.2) is 4.68 Å². The molecule has 0 aliphatic carbocycles. The third kappa shape index (κ3) is 4.47. The van der Waals surface area contributed by atoms with E-state index in [9.17, 15) is 14.4 Å². The Morgan fingerprint density at radius 3 is 2.52 bits per heavy atom. The van der Waals surface area contributed by atoms with Crippen molar-refractivity contribution in [3.63, 3.8) is 0 Å². The fourth-order valence-electron chi connectivity index (χ4n) is 3.60. The lowest BCUT2D eigenvalue weighted by atomic mass is 9.97. The number of piperidine rings is 1. The van der Waals surface area contributed by atoms with Gasteiger partial charge in [0.15, 0.2) is 0 Å². The van der Waals surface area contributed by atoms with Crippen LogP contribution in [-0.4, -0.2) is 69.2 Å². The fraction of sp³-hybridized carbons (Fsp3) is 0.429. The van der Waals surface area contributed by atoms with E-state index in [-0.39, 0.29) is 18.4 Å². The standard InChI is InChI=1S/C21H26N4O4/c1-14-5-4-6-17(11-14)25-15(2)18(12-22-25)20(27)23(3)13-19(26)24-9-7-16(8-10-24)21(28)29/h4-6,11-12,16H,7-10,13H2,1-3H3,(H,28,29). The smallest absolute Gasteiger partial charge is 0.306 e. The molecule has 1 fully saturated rings. The zero-order valence-corrected chi connectivity index (χ0v) is 17.0. The van der Waals surface area contributed by atoms with Crippen LogP contribution < -0.4 is 0 Å². The van der Waals surface area contributed by atoms with E-state index >= 15 is 0 Å². The molecule has 2 heterocycles. The predicted molar refractivity (Wildman–Crippen MR) is 107 cm³/mol. The number of aromatic nitrogens is 2. The van der Waals surface area contributed by atoms with Crippen LogP contribution in [0.15, 0.2) is 30.5 Å². The Labute approximate surface area is 169 Å². The van der Waals surface area contributed by atoms with Crippen molar-refractivity contribution in [3.8, 4) is 5.69 Å². The third-order valence-electron chi connectivity index (χ3n) is 5.40. The average molecular weight is 398 g/mol. The molecule has 1 saturated heterocycles. The number of carbonyl (C=O) groups excluding carboxylic acids is 2. The summed E-state index contributed by atoms with van der Waals surface area (Å²) in [4.78, 5) is 39.5. The third-order valence-corrected chi connectivity index (χ3v) is 5.40. The average Bonchev–Trinajstić information content (AvgIpc) is 3.08. The number of aliphatic carboxylic acids is 1. The van der Waals surface area contributed by atoms with Crippen molar-refractivity contribution in [2.75, 3.05) is 26.7 Å². The lowest BCUT2D eigenvalue weighted by Crippen LogP contribution is -2.45. The first-order valence-corrected chi connectivity index (χ1v) is 9.65. The molecule has 1 aliphatic heterocycles. The largest absolute Gasteiger partial charge is 0.481 e. The van der Waals surface area contributed by atoms with Crippen molar-refractivity contribution in [2.24, 2.45) is 5.92 Å². The molecule has 29 heavy (non-hydrogen) atoms. The minimum Gasteiger partial charge on any atom is -0.481 e. The number of carboxylic acids is 1. The number of hydrogen-bond acceptors (Lipinski definition) is 4. The Hall–Kier alpha value is -3.16. The van der Waals surface area contributed by atoms with E-state index in [0.29, 0.717) is 37.2 Å². The van der Waals surface area contributed by atoms with Crippen LogP contribution in [0.1, 0.15) is 34.5 Å². The van der Waals surface area contributed by atoms with Crippen molar-refractivity contribution in [1.29, 1.82) is 0 Å². The Morgan fingerprint density at radius 1 is 1.21 bits per heavy atom. The maximum absolute atomic E-state index is 12.9. The topological polar surface area (TPSA) is 95.7 Å². The molecule has 0 radical (unpaired) electrons. The first-order chi connectivity index (χ1) is 13.8. The van der Waals surface area contributed by atoms with E-state index < -0.39 is 11.9 Å². The Balaban J connectivity index is 1.65. The highest BCUT2D eigenvalue weighted by Gasteiger charge is 2.28. The molecule has 8 heteroatoms. The normalized spacial score (nSPS) is 14.7. The molecule has 2 amide bonds. The molecule has 0 atom stereocenters. The second-order valence-corrected chi connectivity index (χ2v) is 7.55. The van der Waals surface area contributed by atoms with Gasteiger partial charge in [-0.05, 0) is 44.4 Å². The van der Waals surface area contributed by atoms with Crippen molar-refractivity contribution < 1.29 is 19.5 Å². The van der Waals surface area contributed by atoms with Gasteiger partial charge in [0, 0.05) is 20.1 Å². The summed E-state index contributed by atoms with van der Waals surface area (Å²) in [6, 6.07) is 7.84. The van der Waals surface area contributed by atoms with Crippen molar-refractivity contribution in [1.82, 2.24) is 19.6 Å². The highest BCUT2D eigenvalue weighted by Crippen LogP contribution is 2.19. The summed E-state index contributed by atoms with van der Waals surface area (Å²) in [6.45, 7) is 4.58. The summed E-state index contributed by atoms with van der Waals surface area (Å²) in [6.07, 6.45) is 2.42. The number of carboxylic acid groups (broad SMARTS) is 1. The molecule has 154 valence electrons. The summed E-state index contributed by atoms with van der Waals surface area (Å²) in [5, 5.41) is 13.4. The minimum absolute atomic E-state index is 0.0500. The molecule has 1 aliphatic rings. The van der Waals surface area contributed by atoms with Gasteiger partial charge in [0.25, 0.3) is 5.91 Å². The summed E-state index contributed by atoms with van der Waals surface area (Å²) in [7, 11) is 1.59. The number of likely N-dealkylation sites (N-methyl/N-ethyl adjacent to an activating group) is 1. The van der Waals surface area contributed by atoms with Gasteiger partial charge in [-0.2, -0.15) is 5.10 Å². The monoisotopic (exact) mass is 398 g/mol. The van der Waals surface area contributed by atoms with Gasteiger partial charge in [-0.3, -0.25) is 14.4 Å². The zero-order valence-electron chi connectivity index (χ0n) is 17.0. The van der Waals surface area contributed by atoms with Crippen LogP contribution >= 0.6 is 0 Å². The number of hydrogen-bond donors (Lipinski definition) is 1. The molecule has 1 aromatic carbocycles. The second-order valence-electron chi connectivity index (χ2n) is 7.55. The lowest BCUT2D eigenvalue weighted by molar-refractivity contribution is -0.145. The number of likely N-dealkylation sites (tertiary alicyclic amines) is 1. The van der Waals surface area contributed by atoms with Gasteiger partial charge in [-0.15, -0.1) is 0 Å². The van der Waals surface area contributed by atoms with Crippen LogP contribution in [0.25, 0.3) is 5.69 Å². The lowest BCUT2D eigenvalue weighted by Gasteiger charge is -2.31. The Kier molecular flexibility index (Phi) is 6.00. The van der Waals surface area contributed by atoms with Crippen LogP contribution in [-0.2, 0) is 9.59 Å². The minimum atomic E-state index is -0.814. The molecule has 0 saturated carbocycles. The molecule has 0 unspecified atom stereocenters. The Morgan fingerprint density at radius 2 is 1.90 bits per heavy atom. The van der Waals surface area contributed by atoms with Gasteiger partial charge in [0.2, 0.25) is 5.91 Å². The van der Waals surface area contributed by atoms with Crippen molar-refractivity contribution in [2.45, 2.75) is 26.7 Å². The van der Waals surface area contributed by atoms with Gasteiger partial charge in [0.05, 0.1) is 35.6 Å². The number of carbonyl (C=O) groups is 3. The SMILES string of the molecule is Cc1cccc(-n2ncc(C(=O)N(C)CC(=O)N3CCC(C(=O)O)CC3)c2C)c1. The van der Waals surface area contributed by atoms with E-state index in [1.54, 1.807) is 16.6 Å². The first-order valence-electron chi connectivity index (χ1n) is 9.65.